The van der Waals surface area contributed by atoms with Gasteiger partial charge in [0.1, 0.15) is 6.04 Å². The van der Waals surface area contributed by atoms with Crippen LogP contribution < -0.4 is 16.4 Å². The van der Waals surface area contributed by atoms with Crippen LogP contribution in [0.15, 0.2) is 24.3 Å². The van der Waals surface area contributed by atoms with Crippen molar-refractivity contribution in [1.29, 1.82) is 0 Å². The van der Waals surface area contributed by atoms with Crippen LogP contribution in [-0.2, 0) is 20.7 Å². The summed E-state index contributed by atoms with van der Waals surface area (Å²) in [6, 6.07) is 6.22. The van der Waals surface area contributed by atoms with Crippen LogP contribution >= 0.6 is 0 Å². The lowest BCUT2D eigenvalue weighted by Gasteiger charge is -2.26. The maximum Gasteiger partial charge on any atom is 0.328 e. The number of hydrogen-bond acceptors (Lipinski definition) is 4. The zero-order chi connectivity index (χ0) is 16.8. The van der Waals surface area contributed by atoms with Gasteiger partial charge in [0.15, 0.2) is 6.61 Å². The standard InChI is InChI=1S/C16H21N3O4/c1-10(18-16(17)22)15(21)23-9-14(20)19-13-8-4-6-11-5-2-3-7-12(11)13/h2-3,5,7,10,13H,4,6,8-9H2,1H3,(H,19,20)(H3,17,18,22). The van der Waals surface area contributed by atoms with E-state index in [9.17, 15) is 14.4 Å². The molecule has 7 heteroatoms. The molecule has 1 aliphatic carbocycles. The van der Waals surface area contributed by atoms with Crippen molar-refractivity contribution in [1.82, 2.24) is 10.6 Å². The van der Waals surface area contributed by atoms with Crippen LogP contribution in [0.2, 0.25) is 0 Å². The van der Waals surface area contributed by atoms with Gasteiger partial charge in [-0.25, -0.2) is 9.59 Å². The molecule has 0 saturated carbocycles. The number of aryl methyl sites for hydroxylation is 1. The Balaban J connectivity index is 1.84. The third-order valence-corrected chi connectivity index (χ3v) is 3.76. The minimum absolute atomic E-state index is 0.0627. The van der Waals surface area contributed by atoms with E-state index in [2.05, 4.69) is 16.7 Å². The maximum absolute atomic E-state index is 12.0. The summed E-state index contributed by atoms with van der Waals surface area (Å²) < 4.78 is 4.87. The Labute approximate surface area is 134 Å². The lowest BCUT2D eigenvalue weighted by atomic mass is 9.88. The molecule has 23 heavy (non-hydrogen) atoms. The normalized spacial score (nSPS) is 17.5. The van der Waals surface area contributed by atoms with Gasteiger partial charge >= 0.3 is 12.0 Å². The highest BCUT2D eigenvalue weighted by atomic mass is 16.5. The lowest BCUT2D eigenvalue weighted by Crippen LogP contribution is -2.43. The van der Waals surface area contributed by atoms with Gasteiger partial charge in [0, 0.05) is 0 Å². The van der Waals surface area contributed by atoms with Gasteiger partial charge in [-0.3, -0.25) is 4.79 Å². The number of carbonyl (C=O) groups excluding carboxylic acids is 3. The molecule has 4 N–H and O–H groups in total. The van der Waals surface area contributed by atoms with Crippen LogP contribution in [0.5, 0.6) is 0 Å². The first-order chi connectivity index (χ1) is 11.0. The summed E-state index contributed by atoms with van der Waals surface area (Å²) in [5, 5.41) is 5.08. The third kappa shape index (κ3) is 4.70. The zero-order valence-electron chi connectivity index (χ0n) is 13.0. The monoisotopic (exact) mass is 319 g/mol. The Hall–Kier alpha value is -2.57. The first kappa shape index (κ1) is 16.8. The predicted octanol–water partition coefficient (Wildman–Crippen LogP) is 0.780. The minimum atomic E-state index is -0.893. The lowest BCUT2D eigenvalue weighted by molar-refractivity contribution is -0.150. The van der Waals surface area contributed by atoms with E-state index in [0.717, 1.165) is 24.8 Å². The molecule has 2 atom stereocenters. The van der Waals surface area contributed by atoms with Crippen molar-refractivity contribution < 1.29 is 19.1 Å². The van der Waals surface area contributed by atoms with Gasteiger partial charge in [-0.15, -0.1) is 0 Å². The quantitative estimate of drug-likeness (QED) is 0.696. The summed E-state index contributed by atoms with van der Waals surface area (Å²) in [5.41, 5.74) is 7.27. The molecule has 0 fully saturated rings. The van der Waals surface area contributed by atoms with Crippen LogP contribution in [0.25, 0.3) is 0 Å². The van der Waals surface area contributed by atoms with Crippen molar-refractivity contribution in [3.05, 3.63) is 35.4 Å². The van der Waals surface area contributed by atoms with Crippen molar-refractivity contribution in [3.63, 3.8) is 0 Å². The average Bonchev–Trinajstić information content (AvgIpc) is 2.52. The van der Waals surface area contributed by atoms with Crippen LogP contribution in [0.4, 0.5) is 4.79 Å². The summed E-state index contributed by atoms with van der Waals surface area (Å²) in [6.07, 6.45) is 2.87. The molecule has 0 heterocycles. The highest BCUT2D eigenvalue weighted by molar-refractivity contribution is 5.85. The predicted molar refractivity (Wildman–Crippen MR) is 83.4 cm³/mol. The van der Waals surface area contributed by atoms with Crippen LogP contribution in [0, 0.1) is 0 Å². The topological polar surface area (TPSA) is 111 Å². The van der Waals surface area contributed by atoms with Crippen molar-refractivity contribution >= 4 is 17.9 Å². The number of carbonyl (C=O) groups is 3. The number of primary amides is 1. The van der Waals surface area contributed by atoms with E-state index in [0.29, 0.717) is 0 Å². The number of esters is 1. The molecule has 7 nitrogen and oxygen atoms in total. The molecular formula is C16H21N3O4. The van der Waals surface area contributed by atoms with Crippen molar-refractivity contribution in [2.45, 2.75) is 38.3 Å². The van der Waals surface area contributed by atoms with Crippen molar-refractivity contribution in [2.24, 2.45) is 5.73 Å². The number of hydrogen-bond donors (Lipinski definition) is 3. The third-order valence-electron chi connectivity index (χ3n) is 3.76. The van der Waals surface area contributed by atoms with Gasteiger partial charge in [-0.2, -0.15) is 0 Å². The van der Waals surface area contributed by atoms with E-state index in [-0.39, 0.29) is 18.6 Å². The van der Waals surface area contributed by atoms with E-state index in [1.165, 1.54) is 12.5 Å². The molecule has 0 spiro atoms. The Morgan fingerprint density at radius 2 is 2.09 bits per heavy atom. The highest BCUT2D eigenvalue weighted by Crippen LogP contribution is 2.29. The largest absolute Gasteiger partial charge is 0.454 e. The summed E-state index contributed by atoms with van der Waals surface area (Å²) in [7, 11) is 0. The fourth-order valence-electron chi connectivity index (χ4n) is 2.67. The molecule has 124 valence electrons. The first-order valence-electron chi connectivity index (χ1n) is 7.57. The SMILES string of the molecule is CC(NC(N)=O)C(=O)OCC(=O)NC1CCCc2ccccc21. The molecule has 0 saturated heterocycles. The number of benzene rings is 1. The summed E-state index contributed by atoms with van der Waals surface area (Å²) in [6.45, 7) is 1.05. The minimum Gasteiger partial charge on any atom is -0.454 e. The maximum atomic E-state index is 12.0. The number of nitrogens with one attached hydrogen (secondary N) is 2. The Bertz CT molecular complexity index is 603. The molecule has 1 aromatic rings. The molecule has 3 amide bonds. The van der Waals surface area contributed by atoms with Gasteiger partial charge in [-0.1, -0.05) is 24.3 Å². The smallest absolute Gasteiger partial charge is 0.328 e. The van der Waals surface area contributed by atoms with Crippen LogP contribution in [0.1, 0.15) is 36.9 Å². The number of nitrogens with two attached hydrogens (primary N) is 1. The molecule has 0 aliphatic heterocycles. The van der Waals surface area contributed by atoms with Gasteiger partial charge in [0.2, 0.25) is 0 Å². The van der Waals surface area contributed by atoms with E-state index in [1.54, 1.807) is 0 Å². The second-order valence-electron chi connectivity index (χ2n) is 5.55. The van der Waals surface area contributed by atoms with Crippen molar-refractivity contribution in [3.8, 4) is 0 Å². The van der Waals surface area contributed by atoms with Crippen LogP contribution in [-0.4, -0.2) is 30.6 Å². The Morgan fingerprint density at radius 1 is 1.35 bits per heavy atom. The van der Waals surface area contributed by atoms with Crippen molar-refractivity contribution in [2.75, 3.05) is 6.61 Å². The second kappa shape index (κ2) is 7.62. The van der Waals surface area contributed by atoms with E-state index in [1.807, 2.05) is 18.2 Å². The number of rotatable bonds is 5. The molecule has 0 radical (unpaired) electrons. The summed E-state index contributed by atoms with van der Waals surface area (Å²) in [4.78, 5) is 34.2. The fourth-order valence-corrected chi connectivity index (χ4v) is 2.67. The van der Waals surface area contributed by atoms with E-state index < -0.39 is 18.0 Å². The van der Waals surface area contributed by atoms with E-state index >= 15 is 0 Å². The molecule has 2 unspecified atom stereocenters. The number of urea groups is 1. The average molecular weight is 319 g/mol. The molecule has 1 aromatic carbocycles. The summed E-state index contributed by atoms with van der Waals surface area (Å²) >= 11 is 0. The van der Waals surface area contributed by atoms with Gasteiger partial charge in [0.25, 0.3) is 5.91 Å². The molecular weight excluding hydrogens is 298 g/mol. The number of ether oxygens (including phenoxy) is 1. The van der Waals surface area contributed by atoms with Gasteiger partial charge < -0.3 is 21.1 Å². The first-order valence-corrected chi connectivity index (χ1v) is 7.57. The van der Waals surface area contributed by atoms with E-state index in [4.69, 9.17) is 10.5 Å². The molecule has 2 rings (SSSR count). The molecule has 0 aromatic heterocycles. The highest BCUT2D eigenvalue weighted by Gasteiger charge is 2.22. The second-order valence-corrected chi connectivity index (χ2v) is 5.55. The number of fused-ring (bicyclic) bond motifs is 1. The molecule has 0 bridgehead atoms. The van der Waals surface area contributed by atoms with Crippen LogP contribution in [0.3, 0.4) is 0 Å². The fraction of sp³-hybridized carbons (Fsp3) is 0.438. The Kier molecular flexibility index (Phi) is 5.56. The van der Waals surface area contributed by atoms with Gasteiger partial charge in [-0.05, 0) is 37.3 Å². The zero-order valence-corrected chi connectivity index (χ0v) is 13.0. The van der Waals surface area contributed by atoms with Gasteiger partial charge in [0.05, 0.1) is 6.04 Å². The Morgan fingerprint density at radius 3 is 2.83 bits per heavy atom. The molecule has 1 aliphatic rings. The number of amides is 3. The summed E-state index contributed by atoms with van der Waals surface area (Å²) in [5.74, 6) is -1.07.